The van der Waals surface area contributed by atoms with E-state index in [0.29, 0.717) is 17.1 Å². The Balaban J connectivity index is 0.00000374. The first-order valence-corrected chi connectivity index (χ1v) is 16.6. The molecule has 0 unspecified atom stereocenters. The third kappa shape index (κ3) is 5.96. The minimum atomic E-state index is 0. The fourth-order valence-corrected chi connectivity index (χ4v) is 6.78. The van der Waals surface area contributed by atoms with E-state index in [1.54, 1.807) is 6.07 Å². The van der Waals surface area contributed by atoms with E-state index in [-0.39, 0.29) is 26.8 Å². The van der Waals surface area contributed by atoms with Gasteiger partial charge >= 0.3 is 0 Å². The molecule has 9 aromatic rings. The van der Waals surface area contributed by atoms with Crippen molar-refractivity contribution >= 4 is 32.7 Å². The third-order valence-corrected chi connectivity index (χ3v) is 9.11. The SMILES string of the molecule is Cc1cc(-c2ccccc2)nc(-n2c3[c-]c(Oc4cc(-c5ccccc5)c5cccc(O)c5n4)ccc3c3ccc(-c4ccccc4)cc32)c1.[Pt]. The summed E-state index contributed by atoms with van der Waals surface area (Å²) in [5.74, 6) is 1.76. The number of hydrogen-bond donors (Lipinski definition) is 1. The van der Waals surface area contributed by atoms with Crippen LogP contribution in [0.3, 0.4) is 0 Å². The first-order chi connectivity index (χ1) is 24.6. The van der Waals surface area contributed by atoms with Crippen molar-refractivity contribution in [3.8, 4) is 56.7 Å². The number of hydrogen-bond acceptors (Lipinski definition) is 4. The number of nitrogens with zero attached hydrogens (tertiary/aromatic N) is 3. The Morgan fingerprint density at radius 1 is 0.588 bits per heavy atom. The summed E-state index contributed by atoms with van der Waals surface area (Å²) >= 11 is 0. The molecule has 0 aliphatic rings. The minimum Gasteiger partial charge on any atom is -0.506 e. The molecule has 0 fully saturated rings. The zero-order chi connectivity index (χ0) is 33.6. The predicted molar refractivity (Wildman–Crippen MR) is 202 cm³/mol. The predicted octanol–water partition coefficient (Wildman–Crippen LogP) is 11.3. The van der Waals surface area contributed by atoms with E-state index in [2.05, 4.69) is 90.4 Å². The molecular formula is C45H30N3O2Pt-. The number of rotatable bonds is 6. The Bertz CT molecular complexity index is 2690. The van der Waals surface area contributed by atoms with Crippen LogP contribution in [0.15, 0.2) is 158 Å². The molecule has 5 nitrogen and oxygen atoms in total. The van der Waals surface area contributed by atoms with Crippen molar-refractivity contribution in [2.45, 2.75) is 6.92 Å². The second kappa shape index (κ2) is 13.4. The number of ether oxygens (including phenoxy) is 1. The van der Waals surface area contributed by atoms with E-state index in [4.69, 9.17) is 14.7 Å². The summed E-state index contributed by atoms with van der Waals surface area (Å²) < 4.78 is 8.68. The number of aryl methyl sites for hydroxylation is 1. The average molecular weight is 840 g/mol. The Morgan fingerprint density at radius 2 is 1.27 bits per heavy atom. The van der Waals surface area contributed by atoms with Crippen molar-refractivity contribution in [1.29, 1.82) is 0 Å². The van der Waals surface area contributed by atoms with Crippen LogP contribution in [0.4, 0.5) is 0 Å². The van der Waals surface area contributed by atoms with Gasteiger partial charge in [-0.2, -0.15) is 6.07 Å². The van der Waals surface area contributed by atoms with Gasteiger partial charge in [0.15, 0.2) is 0 Å². The number of phenolic OH excluding ortho intramolecular Hbond substituents is 1. The second-order valence-electron chi connectivity index (χ2n) is 12.4. The number of aromatic nitrogens is 3. The Morgan fingerprint density at radius 3 is 2.02 bits per heavy atom. The van der Waals surface area contributed by atoms with Gasteiger partial charge in [0.2, 0.25) is 5.88 Å². The normalized spacial score (nSPS) is 11.2. The quantitative estimate of drug-likeness (QED) is 0.169. The largest absolute Gasteiger partial charge is 0.506 e. The first-order valence-electron chi connectivity index (χ1n) is 16.6. The summed E-state index contributed by atoms with van der Waals surface area (Å²) in [6.07, 6.45) is 0. The minimum absolute atomic E-state index is 0. The maximum Gasteiger partial charge on any atom is 0.217 e. The molecule has 1 N–H and O–H groups in total. The van der Waals surface area contributed by atoms with E-state index in [0.717, 1.165) is 72.1 Å². The third-order valence-electron chi connectivity index (χ3n) is 9.11. The van der Waals surface area contributed by atoms with Crippen molar-refractivity contribution in [2.75, 3.05) is 0 Å². The monoisotopic (exact) mass is 839 g/mol. The molecule has 0 aliphatic carbocycles. The maximum atomic E-state index is 10.8. The molecule has 0 saturated carbocycles. The standard InChI is InChI=1S/C45H30N3O2.Pt/c1-29-24-39(32-16-9-4-10-17-32)46-43(25-29)48-40-26-33(30-12-5-2-6-13-30)20-22-35(40)36-23-21-34(27-41(36)48)50-44-28-38(31-14-7-3-8-15-31)37-18-11-19-42(49)45(37)47-44;/h2-26,28,49H,1H3;/q-1;. The Hall–Kier alpha value is -6.03. The van der Waals surface area contributed by atoms with Gasteiger partial charge in [-0.1, -0.05) is 121 Å². The molecule has 51 heavy (non-hydrogen) atoms. The van der Waals surface area contributed by atoms with E-state index >= 15 is 0 Å². The Labute approximate surface area is 309 Å². The van der Waals surface area contributed by atoms with Gasteiger partial charge in [-0.25, -0.2) is 9.97 Å². The topological polar surface area (TPSA) is 60.2 Å². The van der Waals surface area contributed by atoms with Crippen LogP contribution in [0, 0.1) is 13.0 Å². The molecule has 0 saturated heterocycles. The molecule has 0 atom stereocenters. The first kappa shape index (κ1) is 32.2. The molecule has 0 aliphatic heterocycles. The Kier molecular flexibility index (Phi) is 8.43. The molecule has 0 bridgehead atoms. The molecule has 0 spiro atoms. The molecule has 248 valence electrons. The number of pyridine rings is 2. The van der Waals surface area contributed by atoms with Gasteiger partial charge in [-0.15, -0.1) is 17.5 Å². The van der Waals surface area contributed by atoms with Gasteiger partial charge < -0.3 is 14.4 Å². The van der Waals surface area contributed by atoms with Crippen LogP contribution in [0.5, 0.6) is 17.4 Å². The fourth-order valence-electron chi connectivity index (χ4n) is 6.78. The van der Waals surface area contributed by atoms with Crippen molar-refractivity contribution in [1.82, 2.24) is 14.5 Å². The number of phenols is 1. The molecule has 9 rings (SSSR count). The van der Waals surface area contributed by atoms with E-state index in [1.165, 1.54) is 0 Å². The summed E-state index contributed by atoms with van der Waals surface area (Å²) in [4.78, 5) is 9.96. The number of aromatic hydroxyl groups is 1. The van der Waals surface area contributed by atoms with Gasteiger partial charge in [0.1, 0.15) is 17.1 Å². The zero-order valence-corrected chi connectivity index (χ0v) is 29.8. The van der Waals surface area contributed by atoms with Gasteiger partial charge in [0.05, 0.1) is 5.69 Å². The summed E-state index contributed by atoms with van der Waals surface area (Å²) in [6, 6.07) is 56.5. The van der Waals surface area contributed by atoms with Crippen LogP contribution in [-0.4, -0.2) is 19.6 Å². The van der Waals surface area contributed by atoms with Crippen molar-refractivity contribution < 1.29 is 30.9 Å². The molecule has 3 heterocycles. The van der Waals surface area contributed by atoms with Gasteiger partial charge in [-0.3, -0.25) is 0 Å². The summed E-state index contributed by atoms with van der Waals surface area (Å²) in [5.41, 5.74) is 9.57. The van der Waals surface area contributed by atoms with Gasteiger partial charge in [-0.05, 0) is 64.4 Å². The molecule has 6 aromatic carbocycles. The molecular weight excluding hydrogens is 810 g/mol. The van der Waals surface area contributed by atoms with E-state index < -0.39 is 0 Å². The van der Waals surface area contributed by atoms with Crippen LogP contribution in [0.1, 0.15) is 5.56 Å². The maximum absolute atomic E-state index is 10.8. The van der Waals surface area contributed by atoms with Crippen LogP contribution < -0.4 is 4.74 Å². The smallest absolute Gasteiger partial charge is 0.217 e. The summed E-state index contributed by atoms with van der Waals surface area (Å²) in [6.45, 7) is 2.10. The zero-order valence-electron chi connectivity index (χ0n) is 27.5. The summed E-state index contributed by atoms with van der Waals surface area (Å²) in [7, 11) is 0. The van der Waals surface area contributed by atoms with Crippen LogP contribution in [0.25, 0.3) is 72.0 Å². The van der Waals surface area contributed by atoms with Crippen molar-refractivity contribution in [3.05, 3.63) is 169 Å². The van der Waals surface area contributed by atoms with Crippen molar-refractivity contribution in [3.63, 3.8) is 0 Å². The molecule has 0 amide bonds. The van der Waals surface area contributed by atoms with Crippen molar-refractivity contribution in [2.24, 2.45) is 0 Å². The van der Waals surface area contributed by atoms with Crippen LogP contribution in [0.2, 0.25) is 0 Å². The van der Waals surface area contributed by atoms with Gasteiger partial charge in [0.25, 0.3) is 0 Å². The molecule has 6 heteroatoms. The number of fused-ring (bicyclic) bond motifs is 4. The van der Waals surface area contributed by atoms with E-state index in [1.807, 2.05) is 78.9 Å². The number of para-hydroxylation sites is 1. The number of benzene rings is 6. The fraction of sp³-hybridized carbons (Fsp3) is 0.0222. The van der Waals surface area contributed by atoms with Crippen LogP contribution >= 0.6 is 0 Å². The van der Waals surface area contributed by atoms with Crippen LogP contribution in [-0.2, 0) is 21.1 Å². The van der Waals surface area contributed by atoms with Gasteiger partial charge in [0, 0.05) is 49.3 Å². The average Bonchev–Trinajstić information content (AvgIpc) is 3.48. The van der Waals surface area contributed by atoms with E-state index in [9.17, 15) is 5.11 Å². The molecule has 3 aromatic heterocycles. The molecule has 0 radical (unpaired) electrons. The second-order valence-corrected chi connectivity index (χ2v) is 12.4. The summed E-state index contributed by atoms with van der Waals surface area (Å²) in [5, 5.41) is 13.8.